The van der Waals surface area contributed by atoms with Crippen LogP contribution in [0.4, 0.5) is 9.59 Å². The van der Waals surface area contributed by atoms with Crippen molar-refractivity contribution in [1.82, 2.24) is 14.5 Å². The van der Waals surface area contributed by atoms with Crippen LogP contribution in [0.3, 0.4) is 0 Å². The Morgan fingerprint density at radius 2 is 1.59 bits per heavy atom. The maximum absolute atomic E-state index is 12.7. The first kappa shape index (κ1) is 31.6. The van der Waals surface area contributed by atoms with E-state index in [1.54, 1.807) is 64.7 Å². The van der Waals surface area contributed by atoms with Gasteiger partial charge in [0.05, 0.1) is 18.4 Å². The molecule has 0 saturated carbocycles. The first-order valence-corrected chi connectivity index (χ1v) is 12.4. The smallest absolute Gasteiger partial charge is 0.419 e. The molecule has 1 aromatic heterocycles. The van der Waals surface area contributed by atoms with E-state index < -0.39 is 29.4 Å². The van der Waals surface area contributed by atoms with Crippen molar-refractivity contribution in [3.05, 3.63) is 36.1 Å². The summed E-state index contributed by atoms with van der Waals surface area (Å²) in [5.74, 6) is 0.161. The van der Waals surface area contributed by atoms with Crippen molar-refractivity contribution in [3.63, 3.8) is 0 Å². The van der Waals surface area contributed by atoms with Gasteiger partial charge < -0.3 is 14.2 Å². The summed E-state index contributed by atoms with van der Waals surface area (Å²) in [5, 5.41) is 0. The van der Waals surface area contributed by atoms with Gasteiger partial charge in [0.2, 0.25) is 0 Å². The van der Waals surface area contributed by atoms with Crippen LogP contribution in [0.15, 0.2) is 35.4 Å². The van der Waals surface area contributed by atoms with Crippen LogP contribution in [0.25, 0.3) is 5.57 Å². The molecule has 1 heterocycles. The number of ether oxygens (including phenoxy) is 3. The third kappa shape index (κ3) is 11.4. The van der Waals surface area contributed by atoms with Crippen LogP contribution in [-0.4, -0.2) is 63.3 Å². The maximum Gasteiger partial charge on any atom is 0.419 e. The van der Waals surface area contributed by atoms with Crippen molar-refractivity contribution in [2.24, 2.45) is 4.99 Å². The lowest BCUT2D eigenvalue weighted by atomic mass is 10.1. The SMILES string of the molecule is CC/C=C(/C)N=C(C)n1cnc(/C(=C/CCCN(C(=O)OC(C)(C)C)C(=O)OC(C)(C)C)C(=O)OC)c1. The Balaban J connectivity index is 3.07. The summed E-state index contributed by atoms with van der Waals surface area (Å²) in [6, 6.07) is 0. The fraction of sp³-hybridized carbons (Fsp3) is 0.593. The molecule has 0 N–H and O–H groups in total. The lowest BCUT2D eigenvalue weighted by molar-refractivity contribution is -0.133. The molecule has 0 radical (unpaired) electrons. The average Bonchev–Trinajstić information content (AvgIpc) is 3.23. The quantitative estimate of drug-likeness (QED) is 0.104. The molecule has 0 unspecified atom stereocenters. The highest BCUT2D eigenvalue weighted by Crippen LogP contribution is 2.18. The zero-order valence-corrected chi connectivity index (χ0v) is 23.9. The number of nitrogens with zero attached hydrogens (tertiary/aromatic N) is 4. The first-order chi connectivity index (χ1) is 17.1. The second kappa shape index (κ2) is 13.8. The highest BCUT2D eigenvalue weighted by Gasteiger charge is 2.30. The van der Waals surface area contributed by atoms with E-state index in [-0.39, 0.29) is 12.1 Å². The van der Waals surface area contributed by atoms with Crippen LogP contribution >= 0.6 is 0 Å². The number of aromatic nitrogens is 2. The summed E-state index contributed by atoms with van der Waals surface area (Å²) in [6.07, 6.45) is 7.00. The summed E-state index contributed by atoms with van der Waals surface area (Å²) < 4.78 is 17.4. The maximum atomic E-state index is 12.7. The summed E-state index contributed by atoms with van der Waals surface area (Å²) in [7, 11) is 1.30. The summed E-state index contributed by atoms with van der Waals surface area (Å²) >= 11 is 0. The largest absolute Gasteiger partial charge is 0.465 e. The van der Waals surface area contributed by atoms with E-state index in [4.69, 9.17) is 14.2 Å². The van der Waals surface area contributed by atoms with Crippen molar-refractivity contribution in [3.8, 4) is 0 Å². The van der Waals surface area contributed by atoms with E-state index in [1.165, 1.54) is 7.11 Å². The minimum Gasteiger partial charge on any atom is -0.465 e. The van der Waals surface area contributed by atoms with Gasteiger partial charge in [0.15, 0.2) is 0 Å². The van der Waals surface area contributed by atoms with E-state index in [0.29, 0.717) is 24.4 Å². The number of rotatable bonds is 8. The summed E-state index contributed by atoms with van der Waals surface area (Å²) in [4.78, 5) is 47.6. The third-order valence-electron chi connectivity index (χ3n) is 4.64. The number of hydrogen-bond acceptors (Lipinski definition) is 8. The summed E-state index contributed by atoms with van der Waals surface area (Å²) in [6.45, 7) is 16.2. The fourth-order valence-corrected chi connectivity index (χ4v) is 3.08. The van der Waals surface area contributed by atoms with Crippen LogP contribution in [-0.2, 0) is 19.0 Å². The molecule has 0 aromatic carbocycles. The minimum absolute atomic E-state index is 0.0397. The number of aliphatic imine (C=N–C) groups is 1. The van der Waals surface area contributed by atoms with Crippen LogP contribution in [0.2, 0.25) is 0 Å². The second-order valence-corrected chi connectivity index (χ2v) is 10.4. The zero-order chi connectivity index (χ0) is 28.4. The van der Waals surface area contributed by atoms with Gasteiger partial charge in [-0.25, -0.2) is 29.3 Å². The molecule has 0 saturated heterocycles. The van der Waals surface area contributed by atoms with E-state index in [2.05, 4.69) is 9.98 Å². The van der Waals surface area contributed by atoms with Gasteiger partial charge in [-0.15, -0.1) is 0 Å². The molecule has 0 aliphatic rings. The second-order valence-electron chi connectivity index (χ2n) is 10.4. The van der Waals surface area contributed by atoms with Gasteiger partial charge in [0.1, 0.15) is 23.4 Å². The Kier molecular flexibility index (Phi) is 11.8. The lowest BCUT2D eigenvalue weighted by Gasteiger charge is -2.28. The van der Waals surface area contributed by atoms with Crippen molar-refractivity contribution in [2.75, 3.05) is 13.7 Å². The molecule has 0 spiro atoms. The molecular formula is C27H42N4O6. The predicted molar refractivity (Wildman–Crippen MR) is 143 cm³/mol. The molecule has 0 aliphatic heterocycles. The van der Waals surface area contributed by atoms with Gasteiger partial charge in [0.25, 0.3) is 0 Å². The van der Waals surface area contributed by atoms with Crippen molar-refractivity contribution in [2.45, 2.75) is 92.8 Å². The van der Waals surface area contributed by atoms with Crippen LogP contribution in [0, 0.1) is 0 Å². The van der Waals surface area contributed by atoms with Crippen molar-refractivity contribution >= 4 is 29.6 Å². The number of hydrogen-bond donors (Lipinski definition) is 0. The van der Waals surface area contributed by atoms with Crippen molar-refractivity contribution < 1.29 is 28.6 Å². The number of allylic oxidation sites excluding steroid dienone is 3. The third-order valence-corrected chi connectivity index (χ3v) is 4.64. The molecule has 10 heteroatoms. The molecule has 37 heavy (non-hydrogen) atoms. The highest BCUT2D eigenvalue weighted by atomic mass is 16.6. The van der Waals surface area contributed by atoms with Gasteiger partial charge in [-0.05, 0) is 74.7 Å². The number of imide groups is 1. The monoisotopic (exact) mass is 518 g/mol. The fourth-order valence-electron chi connectivity index (χ4n) is 3.08. The number of carbonyl (C=O) groups is 3. The average molecular weight is 519 g/mol. The Morgan fingerprint density at radius 1 is 1.03 bits per heavy atom. The Bertz CT molecular complexity index is 1010. The molecule has 1 aromatic rings. The van der Waals surface area contributed by atoms with E-state index in [1.807, 2.05) is 26.8 Å². The standard InChI is InChI=1S/C27H42N4O6/c1-11-14-19(2)29-20(3)30-17-22(28-18-30)21(23(32)35-10)15-12-13-16-31(24(33)36-26(4,5)6)25(34)37-27(7,8)9/h14-15,17-18H,11-13,16H2,1-10H3/b19-14-,21-15-,29-20?. The van der Waals surface area contributed by atoms with Crippen LogP contribution < -0.4 is 0 Å². The predicted octanol–water partition coefficient (Wildman–Crippen LogP) is 5.97. The Morgan fingerprint density at radius 3 is 2.08 bits per heavy atom. The van der Waals surface area contributed by atoms with Gasteiger partial charge in [-0.2, -0.15) is 0 Å². The van der Waals surface area contributed by atoms with Crippen LogP contribution in [0.5, 0.6) is 0 Å². The number of carbonyl (C=O) groups excluding carboxylic acids is 3. The molecule has 10 nitrogen and oxygen atoms in total. The molecule has 206 valence electrons. The topological polar surface area (TPSA) is 112 Å². The Hall–Kier alpha value is -3.43. The first-order valence-electron chi connectivity index (χ1n) is 12.4. The lowest BCUT2D eigenvalue weighted by Crippen LogP contribution is -2.44. The summed E-state index contributed by atoms with van der Waals surface area (Å²) in [5.41, 5.74) is 0.0325. The van der Waals surface area contributed by atoms with Gasteiger partial charge in [0, 0.05) is 18.4 Å². The number of methoxy groups -OCH3 is 1. The van der Waals surface area contributed by atoms with Gasteiger partial charge in [-0.1, -0.05) is 19.1 Å². The number of imidazole rings is 1. The van der Waals surface area contributed by atoms with Crippen molar-refractivity contribution in [1.29, 1.82) is 0 Å². The normalized spacial score (nSPS) is 13.3. The highest BCUT2D eigenvalue weighted by molar-refractivity contribution is 6.15. The molecule has 0 aliphatic carbocycles. The molecular weight excluding hydrogens is 476 g/mol. The molecule has 0 bridgehead atoms. The number of unbranched alkanes of at least 4 members (excludes halogenated alkanes) is 1. The van der Waals surface area contributed by atoms with Crippen LogP contribution in [0.1, 0.15) is 87.3 Å². The van der Waals surface area contributed by atoms with Gasteiger partial charge in [-0.3, -0.25) is 4.57 Å². The minimum atomic E-state index is -0.792. The van der Waals surface area contributed by atoms with Gasteiger partial charge >= 0.3 is 18.2 Å². The molecule has 0 atom stereocenters. The van der Waals surface area contributed by atoms with E-state index >= 15 is 0 Å². The van der Waals surface area contributed by atoms with E-state index in [9.17, 15) is 14.4 Å². The molecule has 0 fully saturated rings. The number of esters is 1. The Labute approximate surface area is 220 Å². The zero-order valence-electron chi connectivity index (χ0n) is 23.9. The molecule has 1 rings (SSSR count). The number of amides is 2. The van der Waals surface area contributed by atoms with E-state index in [0.717, 1.165) is 17.0 Å². The molecule has 2 amide bonds.